The largest absolute Gasteiger partial charge is 0.461 e. The lowest BCUT2D eigenvalue weighted by Crippen LogP contribution is -2.06. The van der Waals surface area contributed by atoms with Crippen LogP contribution in [0.25, 0.3) is 33.4 Å². The van der Waals surface area contributed by atoms with E-state index in [0.29, 0.717) is 6.42 Å². The quantitative estimate of drug-likeness (QED) is 0.0745. The van der Waals surface area contributed by atoms with Gasteiger partial charge in [-0.1, -0.05) is 200 Å². The maximum atomic E-state index is 12.8. The van der Waals surface area contributed by atoms with E-state index in [1.54, 1.807) is 0 Å². The molecule has 0 saturated heterocycles. The highest BCUT2D eigenvalue weighted by Gasteiger charge is 2.19. The van der Waals surface area contributed by atoms with Gasteiger partial charge in [0.05, 0.1) is 0 Å². The summed E-state index contributed by atoms with van der Waals surface area (Å²) in [6.07, 6.45) is 20.3. The zero-order valence-corrected chi connectivity index (χ0v) is 28.4. The summed E-state index contributed by atoms with van der Waals surface area (Å²) in [4.78, 5) is 12.8. The van der Waals surface area contributed by atoms with Crippen molar-refractivity contribution in [3.63, 3.8) is 0 Å². The van der Waals surface area contributed by atoms with Gasteiger partial charge in [0.25, 0.3) is 0 Å². The third-order valence-corrected chi connectivity index (χ3v) is 8.87. The Bertz CT molecular complexity index is 1370. The Morgan fingerprint density at radius 2 is 0.891 bits per heavy atom. The van der Waals surface area contributed by atoms with Gasteiger partial charge in [0, 0.05) is 6.42 Å². The van der Waals surface area contributed by atoms with E-state index in [9.17, 15) is 4.79 Å². The number of esters is 1. The normalized spacial score (nSPS) is 10.8. The maximum absolute atomic E-state index is 12.8. The molecule has 4 aromatic carbocycles. The molecule has 0 saturated carbocycles. The topological polar surface area (TPSA) is 61.3 Å². The van der Waals surface area contributed by atoms with Gasteiger partial charge in [-0.05, 0) is 45.4 Å². The first-order valence-corrected chi connectivity index (χ1v) is 17.8. The fourth-order valence-corrected chi connectivity index (χ4v) is 6.33. The molecular formula is C43H57NO2. The summed E-state index contributed by atoms with van der Waals surface area (Å²) in [6.45, 7) is 2.56. The van der Waals surface area contributed by atoms with Gasteiger partial charge in [-0.25, -0.2) is 0 Å². The second-order valence-electron chi connectivity index (χ2n) is 12.5. The van der Waals surface area contributed by atoms with Gasteiger partial charge >= 0.3 is 5.97 Å². The van der Waals surface area contributed by atoms with Gasteiger partial charge in [0.15, 0.2) is 0 Å². The SMILES string of the molecule is CCCCCCCCCCCCCCCCCC(=O)OCc1ccc(-c2ccccc2)c(-c2ccccc2)c1-c1ccccc1.N. The second kappa shape index (κ2) is 21.9. The predicted molar refractivity (Wildman–Crippen MR) is 197 cm³/mol. The van der Waals surface area contributed by atoms with Crippen LogP contribution in [0.1, 0.15) is 115 Å². The number of ether oxygens (including phenoxy) is 1. The third-order valence-electron chi connectivity index (χ3n) is 8.87. The molecule has 0 aliphatic heterocycles. The van der Waals surface area contributed by atoms with E-state index in [4.69, 9.17) is 4.74 Å². The van der Waals surface area contributed by atoms with Crippen molar-refractivity contribution in [2.75, 3.05) is 0 Å². The van der Waals surface area contributed by atoms with E-state index in [2.05, 4.69) is 104 Å². The van der Waals surface area contributed by atoms with Crippen LogP contribution in [0.4, 0.5) is 0 Å². The molecule has 4 aromatic rings. The summed E-state index contributed by atoms with van der Waals surface area (Å²) in [6, 6.07) is 35.9. The highest BCUT2D eigenvalue weighted by atomic mass is 16.5. The minimum Gasteiger partial charge on any atom is -0.461 e. The van der Waals surface area contributed by atoms with Crippen molar-refractivity contribution in [2.45, 2.75) is 116 Å². The first-order valence-electron chi connectivity index (χ1n) is 17.8. The highest BCUT2D eigenvalue weighted by Crippen LogP contribution is 2.42. The van der Waals surface area contributed by atoms with E-state index >= 15 is 0 Å². The van der Waals surface area contributed by atoms with Crippen LogP contribution >= 0.6 is 0 Å². The molecule has 3 N–H and O–H groups in total. The Hall–Kier alpha value is -3.69. The van der Waals surface area contributed by atoms with Gasteiger partial charge in [0.1, 0.15) is 6.61 Å². The Kier molecular flexibility index (Phi) is 17.5. The average molecular weight is 620 g/mol. The average Bonchev–Trinajstić information content (AvgIpc) is 3.09. The molecule has 0 bridgehead atoms. The molecule has 0 atom stereocenters. The van der Waals surface area contributed by atoms with E-state index < -0.39 is 0 Å². The van der Waals surface area contributed by atoms with Gasteiger partial charge < -0.3 is 10.9 Å². The summed E-state index contributed by atoms with van der Waals surface area (Å²) in [7, 11) is 0. The molecule has 3 nitrogen and oxygen atoms in total. The molecular weight excluding hydrogens is 562 g/mol. The van der Waals surface area contributed by atoms with Crippen molar-refractivity contribution in [1.29, 1.82) is 0 Å². The molecule has 46 heavy (non-hydrogen) atoms. The van der Waals surface area contributed by atoms with Crippen LogP contribution in [-0.4, -0.2) is 5.97 Å². The Morgan fingerprint density at radius 3 is 1.37 bits per heavy atom. The fourth-order valence-electron chi connectivity index (χ4n) is 6.33. The fraction of sp³-hybridized carbons (Fsp3) is 0.419. The zero-order valence-electron chi connectivity index (χ0n) is 28.4. The summed E-state index contributed by atoms with van der Waals surface area (Å²) < 4.78 is 5.91. The van der Waals surface area contributed by atoms with Crippen molar-refractivity contribution >= 4 is 5.97 Å². The molecule has 0 spiro atoms. The number of benzene rings is 4. The van der Waals surface area contributed by atoms with Crippen molar-refractivity contribution < 1.29 is 9.53 Å². The van der Waals surface area contributed by atoms with Crippen molar-refractivity contribution in [3.05, 3.63) is 109 Å². The lowest BCUT2D eigenvalue weighted by molar-refractivity contribution is -0.145. The number of hydrogen-bond donors (Lipinski definition) is 1. The minimum absolute atomic E-state index is 0. The number of hydrogen-bond acceptors (Lipinski definition) is 3. The van der Waals surface area contributed by atoms with E-state index in [1.165, 1.54) is 100 Å². The van der Waals surface area contributed by atoms with Crippen molar-refractivity contribution in [2.24, 2.45) is 0 Å². The number of rotatable bonds is 21. The lowest BCUT2D eigenvalue weighted by Gasteiger charge is -2.20. The van der Waals surface area contributed by atoms with Crippen LogP contribution in [0, 0.1) is 0 Å². The van der Waals surface area contributed by atoms with E-state index in [-0.39, 0.29) is 18.7 Å². The Balaban J connectivity index is 0.00000576. The molecule has 3 heteroatoms. The Morgan fingerprint density at radius 1 is 0.478 bits per heavy atom. The first kappa shape index (κ1) is 36.8. The third kappa shape index (κ3) is 12.2. The molecule has 0 radical (unpaired) electrons. The molecule has 246 valence electrons. The summed E-state index contributed by atoms with van der Waals surface area (Å²) in [5.41, 5.74) is 7.96. The summed E-state index contributed by atoms with van der Waals surface area (Å²) >= 11 is 0. The smallest absolute Gasteiger partial charge is 0.306 e. The van der Waals surface area contributed by atoms with Crippen molar-refractivity contribution in [1.82, 2.24) is 6.15 Å². The van der Waals surface area contributed by atoms with Gasteiger partial charge in [-0.3, -0.25) is 4.79 Å². The molecule has 0 aromatic heterocycles. The van der Waals surface area contributed by atoms with Crippen LogP contribution in [0.15, 0.2) is 103 Å². The maximum Gasteiger partial charge on any atom is 0.306 e. The predicted octanol–water partition coefficient (Wildman–Crippen LogP) is 13.2. The zero-order chi connectivity index (χ0) is 31.4. The molecule has 0 unspecified atom stereocenters. The summed E-state index contributed by atoms with van der Waals surface area (Å²) in [5.74, 6) is -0.0999. The molecule has 0 aliphatic rings. The van der Waals surface area contributed by atoms with Crippen LogP contribution in [-0.2, 0) is 16.1 Å². The van der Waals surface area contributed by atoms with E-state index in [0.717, 1.165) is 35.1 Å². The molecule has 4 rings (SSSR count). The highest BCUT2D eigenvalue weighted by molar-refractivity contribution is 5.96. The number of carbonyl (C=O) groups is 1. The van der Waals surface area contributed by atoms with Gasteiger partial charge in [0.2, 0.25) is 0 Å². The van der Waals surface area contributed by atoms with E-state index in [1.807, 2.05) is 6.07 Å². The Labute approximate surface area is 279 Å². The van der Waals surface area contributed by atoms with Crippen molar-refractivity contribution in [3.8, 4) is 33.4 Å². The standard InChI is InChI=1S/C43H54O2.H3N/c1-2-3-4-5-6-7-8-9-10-11-12-13-14-15-25-32-41(44)45-35-39-33-34-40(36-26-19-16-20-27-36)43(38-30-23-18-24-31-38)42(39)37-28-21-17-22-29-37;/h16-24,26-31,33-34H,2-15,25,32,35H2,1H3;1H3. The minimum atomic E-state index is -0.0999. The van der Waals surface area contributed by atoms with Crippen LogP contribution in [0.3, 0.4) is 0 Å². The van der Waals surface area contributed by atoms with Gasteiger partial charge in [-0.15, -0.1) is 0 Å². The molecule has 0 amide bonds. The molecule has 0 fully saturated rings. The first-order chi connectivity index (χ1) is 22.3. The van der Waals surface area contributed by atoms with Crippen LogP contribution in [0.5, 0.6) is 0 Å². The molecule has 0 aliphatic carbocycles. The monoisotopic (exact) mass is 619 g/mol. The number of carbonyl (C=O) groups excluding carboxylic acids is 1. The van der Waals surface area contributed by atoms with Crippen LogP contribution in [0.2, 0.25) is 0 Å². The summed E-state index contributed by atoms with van der Waals surface area (Å²) in [5, 5.41) is 0. The van der Waals surface area contributed by atoms with Gasteiger partial charge in [-0.2, -0.15) is 0 Å². The second-order valence-corrected chi connectivity index (χ2v) is 12.5. The van der Waals surface area contributed by atoms with Crippen LogP contribution < -0.4 is 6.15 Å². The number of unbranched alkanes of at least 4 members (excludes halogenated alkanes) is 14. The molecule has 0 heterocycles. The lowest BCUT2D eigenvalue weighted by atomic mass is 9.85.